The first-order valence-corrected chi connectivity index (χ1v) is 11.2. The van der Waals surface area contributed by atoms with Crippen molar-refractivity contribution in [2.75, 3.05) is 25.4 Å². The van der Waals surface area contributed by atoms with Crippen molar-refractivity contribution < 1.29 is 14.3 Å². The van der Waals surface area contributed by atoms with Gasteiger partial charge in [-0.25, -0.2) is 14.5 Å². The van der Waals surface area contributed by atoms with Crippen LogP contribution >= 0.6 is 11.8 Å². The number of fused-ring (bicyclic) bond motifs is 1. The van der Waals surface area contributed by atoms with Crippen LogP contribution in [0.4, 0.5) is 0 Å². The number of aromatic nitrogens is 4. The second kappa shape index (κ2) is 9.34. The van der Waals surface area contributed by atoms with Crippen molar-refractivity contribution in [1.82, 2.24) is 24.5 Å². The molecule has 1 aromatic carbocycles. The summed E-state index contributed by atoms with van der Waals surface area (Å²) < 4.78 is 6.60. The van der Waals surface area contributed by atoms with E-state index in [-0.39, 0.29) is 29.1 Å². The molecule has 1 amide bonds. The molecule has 3 heterocycles. The monoisotopic (exact) mass is 441 g/mol. The van der Waals surface area contributed by atoms with E-state index in [9.17, 15) is 14.4 Å². The van der Waals surface area contributed by atoms with Crippen molar-refractivity contribution in [2.24, 2.45) is 5.92 Å². The summed E-state index contributed by atoms with van der Waals surface area (Å²) in [5.41, 5.74) is 0.968. The molecule has 1 saturated heterocycles. The van der Waals surface area contributed by atoms with Gasteiger partial charge in [0, 0.05) is 24.7 Å². The average Bonchev–Trinajstić information content (AvgIpc) is 3.18. The SMILES string of the molecule is CCOC(=O)[C@@H]1CCCN(C(=O)CSc2nc(-c3ccccc3)nc3cc(=O)[nH]n23)C1. The Morgan fingerprint density at radius 2 is 2.06 bits per heavy atom. The Morgan fingerprint density at radius 3 is 2.84 bits per heavy atom. The standard InChI is InChI=1S/C21H23N5O4S/c1-2-30-20(29)15-9-6-10-25(12-15)18(28)13-31-21-23-19(14-7-4-3-5-8-14)22-16-11-17(27)24-26(16)21/h3-5,7-8,11,15H,2,6,9-10,12-13H2,1H3,(H,24,27)/t15-/m1/s1. The second-order valence-corrected chi connectivity index (χ2v) is 8.17. The largest absolute Gasteiger partial charge is 0.466 e. The van der Waals surface area contributed by atoms with E-state index < -0.39 is 0 Å². The Morgan fingerprint density at radius 1 is 1.26 bits per heavy atom. The number of carbonyl (C=O) groups excluding carboxylic acids is 2. The maximum Gasteiger partial charge on any atom is 0.310 e. The smallest absolute Gasteiger partial charge is 0.310 e. The number of H-pyrrole nitrogens is 1. The van der Waals surface area contributed by atoms with Gasteiger partial charge in [-0.1, -0.05) is 42.1 Å². The van der Waals surface area contributed by atoms with Crippen LogP contribution in [0.2, 0.25) is 0 Å². The summed E-state index contributed by atoms with van der Waals surface area (Å²) in [4.78, 5) is 47.4. The van der Waals surface area contributed by atoms with Gasteiger partial charge in [0.25, 0.3) is 5.56 Å². The predicted molar refractivity (Wildman–Crippen MR) is 116 cm³/mol. The molecular formula is C21H23N5O4S. The van der Waals surface area contributed by atoms with Crippen LogP contribution in [0.3, 0.4) is 0 Å². The van der Waals surface area contributed by atoms with E-state index in [1.54, 1.807) is 11.8 Å². The zero-order chi connectivity index (χ0) is 21.8. The number of amides is 1. The third-order valence-corrected chi connectivity index (χ3v) is 6.00. The molecule has 0 radical (unpaired) electrons. The zero-order valence-electron chi connectivity index (χ0n) is 17.1. The van der Waals surface area contributed by atoms with E-state index in [4.69, 9.17) is 4.74 Å². The molecule has 3 aromatic rings. The molecular weight excluding hydrogens is 418 g/mol. The maximum atomic E-state index is 12.8. The number of thioether (sulfide) groups is 1. The first-order chi connectivity index (χ1) is 15.0. The minimum Gasteiger partial charge on any atom is -0.466 e. The molecule has 10 heteroatoms. The molecule has 1 fully saturated rings. The highest BCUT2D eigenvalue weighted by molar-refractivity contribution is 7.99. The van der Waals surface area contributed by atoms with Gasteiger partial charge in [0.2, 0.25) is 5.91 Å². The highest BCUT2D eigenvalue weighted by Gasteiger charge is 2.29. The van der Waals surface area contributed by atoms with Gasteiger partial charge in [0.1, 0.15) is 0 Å². The zero-order valence-corrected chi connectivity index (χ0v) is 17.9. The lowest BCUT2D eigenvalue weighted by atomic mass is 9.98. The van der Waals surface area contributed by atoms with Crippen molar-refractivity contribution >= 4 is 29.3 Å². The van der Waals surface area contributed by atoms with Crippen LogP contribution in [0.25, 0.3) is 17.0 Å². The molecule has 162 valence electrons. The molecule has 0 saturated carbocycles. The van der Waals surface area contributed by atoms with Crippen molar-refractivity contribution in [1.29, 1.82) is 0 Å². The van der Waals surface area contributed by atoms with Crippen LogP contribution in [0, 0.1) is 5.92 Å². The Kier molecular flexibility index (Phi) is 6.36. The molecule has 0 bridgehead atoms. The summed E-state index contributed by atoms with van der Waals surface area (Å²) in [6.07, 6.45) is 1.49. The molecule has 9 nitrogen and oxygen atoms in total. The fourth-order valence-corrected chi connectivity index (χ4v) is 4.43. The highest BCUT2D eigenvalue weighted by Crippen LogP contribution is 2.23. The van der Waals surface area contributed by atoms with Crippen LogP contribution in [0.1, 0.15) is 19.8 Å². The fraction of sp³-hybridized carbons (Fsp3) is 0.381. The molecule has 2 aromatic heterocycles. The molecule has 0 spiro atoms. The lowest BCUT2D eigenvalue weighted by Gasteiger charge is -2.31. The van der Waals surface area contributed by atoms with Crippen LogP contribution in [0.5, 0.6) is 0 Å². The summed E-state index contributed by atoms with van der Waals surface area (Å²) in [7, 11) is 0. The molecule has 31 heavy (non-hydrogen) atoms. The van der Waals surface area contributed by atoms with Gasteiger partial charge in [0.05, 0.1) is 18.3 Å². The number of piperidine rings is 1. The molecule has 1 aliphatic rings. The minimum absolute atomic E-state index is 0.0819. The van der Waals surface area contributed by atoms with Gasteiger partial charge in [-0.3, -0.25) is 19.5 Å². The Labute approximate surface area is 182 Å². The number of ether oxygens (including phenoxy) is 1. The lowest BCUT2D eigenvalue weighted by Crippen LogP contribution is -2.43. The van der Waals surface area contributed by atoms with E-state index in [1.807, 2.05) is 30.3 Å². The number of esters is 1. The van der Waals surface area contributed by atoms with E-state index in [0.29, 0.717) is 36.3 Å². The first kappa shape index (κ1) is 21.1. The number of rotatable bonds is 6. The topological polar surface area (TPSA) is 110 Å². The van der Waals surface area contributed by atoms with Gasteiger partial charge in [-0.05, 0) is 19.8 Å². The molecule has 1 N–H and O–H groups in total. The third-order valence-electron chi connectivity index (χ3n) is 5.08. The first-order valence-electron chi connectivity index (χ1n) is 10.2. The molecule has 4 rings (SSSR count). The number of aromatic amines is 1. The van der Waals surface area contributed by atoms with Crippen molar-refractivity contribution in [3.63, 3.8) is 0 Å². The van der Waals surface area contributed by atoms with Gasteiger partial charge in [-0.2, -0.15) is 0 Å². The van der Waals surface area contributed by atoms with Gasteiger partial charge < -0.3 is 9.64 Å². The number of benzene rings is 1. The Bertz CT molecular complexity index is 1140. The van der Waals surface area contributed by atoms with Crippen molar-refractivity contribution in [3.05, 3.63) is 46.8 Å². The van der Waals surface area contributed by atoms with E-state index in [2.05, 4.69) is 15.1 Å². The van der Waals surface area contributed by atoms with E-state index in [1.165, 1.54) is 22.3 Å². The van der Waals surface area contributed by atoms with Gasteiger partial charge >= 0.3 is 5.97 Å². The average molecular weight is 442 g/mol. The summed E-state index contributed by atoms with van der Waals surface area (Å²) in [5.74, 6) is 0.00807. The number of nitrogens with zero attached hydrogens (tertiary/aromatic N) is 4. The Balaban J connectivity index is 1.51. The van der Waals surface area contributed by atoms with Crippen molar-refractivity contribution in [2.45, 2.75) is 24.9 Å². The number of carbonyl (C=O) groups is 2. The van der Waals surface area contributed by atoms with Crippen LogP contribution in [-0.4, -0.2) is 61.8 Å². The summed E-state index contributed by atoms with van der Waals surface area (Å²) in [6.45, 7) is 3.09. The van der Waals surface area contributed by atoms with E-state index >= 15 is 0 Å². The number of hydrogen-bond acceptors (Lipinski definition) is 7. The quantitative estimate of drug-likeness (QED) is 0.460. The fourth-order valence-electron chi connectivity index (χ4n) is 3.57. The third kappa shape index (κ3) is 4.79. The summed E-state index contributed by atoms with van der Waals surface area (Å²) >= 11 is 1.23. The molecule has 1 atom stereocenters. The molecule has 0 unspecified atom stereocenters. The molecule has 0 aliphatic carbocycles. The molecule has 1 aliphatic heterocycles. The van der Waals surface area contributed by atoms with Crippen LogP contribution in [0.15, 0.2) is 46.3 Å². The van der Waals surface area contributed by atoms with Crippen molar-refractivity contribution in [3.8, 4) is 11.4 Å². The normalized spacial score (nSPS) is 16.4. The van der Waals surface area contributed by atoms with Gasteiger partial charge in [-0.15, -0.1) is 0 Å². The van der Waals surface area contributed by atoms with Gasteiger partial charge in [0.15, 0.2) is 16.6 Å². The lowest BCUT2D eigenvalue weighted by molar-refractivity contribution is -0.151. The number of likely N-dealkylation sites (tertiary alicyclic amines) is 1. The Hall–Kier alpha value is -3.14. The number of hydrogen-bond donors (Lipinski definition) is 1. The van der Waals surface area contributed by atoms with Crippen LogP contribution in [-0.2, 0) is 14.3 Å². The second-order valence-electron chi connectivity index (χ2n) is 7.23. The van der Waals surface area contributed by atoms with Crippen LogP contribution < -0.4 is 5.56 Å². The maximum absolute atomic E-state index is 12.8. The minimum atomic E-state index is -0.291. The summed E-state index contributed by atoms with van der Waals surface area (Å²) in [5, 5.41) is 3.14. The summed E-state index contributed by atoms with van der Waals surface area (Å²) in [6, 6.07) is 10.9. The highest BCUT2D eigenvalue weighted by atomic mass is 32.2. The van der Waals surface area contributed by atoms with E-state index in [0.717, 1.165) is 18.4 Å². The predicted octanol–water partition coefficient (Wildman–Crippen LogP) is 1.98. The number of nitrogens with one attached hydrogen (secondary N) is 1.